The van der Waals surface area contributed by atoms with Gasteiger partial charge in [-0.2, -0.15) is 0 Å². The van der Waals surface area contributed by atoms with Crippen molar-refractivity contribution in [2.24, 2.45) is 10.9 Å². The second-order valence-corrected chi connectivity index (χ2v) is 7.00. The van der Waals surface area contributed by atoms with Gasteiger partial charge in [0.15, 0.2) is 16.7 Å². The first-order valence-corrected chi connectivity index (χ1v) is 8.86. The first-order valence-electron chi connectivity index (χ1n) is 7.50. The third kappa shape index (κ3) is 5.04. The highest BCUT2D eigenvalue weighted by Gasteiger charge is 2.18. The molecule has 1 amide bonds. The summed E-state index contributed by atoms with van der Waals surface area (Å²) in [5.41, 5.74) is 0.415. The lowest BCUT2D eigenvalue weighted by Crippen LogP contribution is -2.27. The van der Waals surface area contributed by atoms with Gasteiger partial charge in [0, 0.05) is 11.3 Å². The number of benzene rings is 1. The number of rotatable bonds is 6. The highest BCUT2D eigenvalue weighted by molar-refractivity contribution is 8.14. The average Bonchev–Trinajstić information content (AvgIpc) is 3.00. The Labute approximate surface area is 145 Å². The molecular weight excluding hydrogens is 336 g/mol. The summed E-state index contributed by atoms with van der Waals surface area (Å²) in [5, 5.41) is 3.77. The minimum atomic E-state index is -0.257. The number of amides is 1. The number of methoxy groups -OCH3 is 1. The zero-order chi connectivity index (χ0) is 16.8. The van der Waals surface area contributed by atoms with Gasteiger partial charge in [0.05, 0.1) is 25.3 Å². The van der Waals surface area contributed by atoms with Crippen LogP contribution in [0.15, 0.2) is 17.1 Å². The fourth-order valence-electron chi connectivity index (χ4n) is 1.97. The summed E-state index contributed by atoms with van der Waals surface area (Å²) >= 11 is 7.79. The van der Waals surface area contributed by atoms with Gasteiger partial charge in [0.2, 0.25) is 0 Å². The minimum Gasteiger partial charge on any atom is -0.493 e. The molecule has 0 bridgehead atoms. The number of hydrogen-bond acceptors (Lipinski definition) is 5. The van der Waals surface area contributed by atoms with Crippen molar-refractivity contribution in [1.82, 2.24) is 5.32 Å². The summed E-state index contributed by atoms with van der Waals surface area (Å²) < 4.78 is 11.0. The maximum atomic E-state index is 12.3. The van der Waals surface area contributed by atoms with E-state index in [0.717, 1.165) is 18.7 Å². The number of nitrogens with one attached hydrogen (secondary N) is 1. The maximum Gasteiger partial charge on any atom is 0.257 e. The minimum absolute atomic E-state index is 0.257. The van der Waals surface area contributed by atoms with Gasteiger partial charge in [-0.25, -0.2) is 0 Å². The van der Waals surface area contributed by atoms with Crippen LogP contribution in [0.4, 0.5) is 0 Å². The van der Waals surface area contributed by atoms with Crippen LogP contribution >= 0.6 is 23.4 Å². The molecule has 0 atom stereocenters. The number of nitrogens with zero attached hydrogens (tertiary/aromatic N) is 1. The summed E-state index contributed by atoms with van der Waals surface area (Å²) in [7, 11) is 1.53. The topological polar surface area (TPSA) is 59.9 Å². The van der Waals surface area contributed by atoms with Crippen LogP contribution < -0.4 is 14.8 Å². The fourth-order valence-corrected chi connectivity index (χ4v) is 2.96. The average molecular weight is 357 g/mol. The van der Waals surface area contributed by atoms with Crippen LogP contribution in [0.25, 0.3) is 0 Å². The standard InChI is InChI=1S/C16H21ClN2O3S/c1-10(2)4-6-22-14-12(17)8-11(9-13(14)21-3)15(20)19-16-18-5-7-23-16/h8-10H,4-7H2,1-3H3,(H,18,19,20). The Kier molecular flexibility index (Phi) is 6.59. The van der Waals surface area contributed by atoms with Gasteiger partial charge in [-0.1, -0.05) is 37.2 Å². The van der Waals surface area contributed by atoms with Gasteiger partial charge in [-0.3, -0.25) is 9.79 Å². The third-order valence-electron chi connectivity index (χ3n) is 3.24. The Morgan fingerprint density at radius 2 is 2.26 bits per heavy atom. The van der Waals surface area contributed by atoms with Crippen LogP contribution in [0.5, 0.6) is 11.5 Å². The Morgan fingerprint density at radius 3 is 2.87 bits per heavy atom. The van der Waals surface area contributed by atoms with Crippen LogP contribution in [0.3, 0.4) is 0 Å². The van der Waals surface area contributed by atoms with E-state index in [1.165, 1.54) is 18.9 Å². The van der Waals surface area contributed by atoms with Crippen LogP contribution in [0, 0.1) is 5.92 Å². The number of aliphatic imine (C=N–C) groups is 1. The zero-order valence-electron chi connectivity index (χ0n) is 13.5. The molecule has 23 heavy (non-hydrogen) atoms. The summed E-state index contributed by atoms with van der Waals surface area (Å²) in [5.74, 6) is 2.09. The van der Waals surface area contributed by atoms with Gasteiger partial charge >= 0.3 is 0 Å². The quantitative estimate of drug-likeness (QED) is 0.845. The van der Waals surface area contributed by atoms with Crippen molar-refractivity contribution < 1.29 is 14.3 Å². The summed E-state index contributed by atoms with van der Waals surface area (Å²) in [6.45, 7) is 5.53. The highest BCUT2D eigenvalue weighted by atomic mass is 35.5. The van der Waals surface area contributed by atoms with Crippen molar-refractivity contribution in [2.75, 3.05) is 26.0 Å². The van der Waals surface area contributed by atoms with Crippen LogP contribution in [-0.4, -0.2) is 37.1 Å². The molecule has 0 unspecified atom stereocenters. The lowest BCUT2D eigenvalue weighted by atomic mass is 10.1. The molecule has 0 saturated heterocycles. The molecular formula is C16H21ClN2O3S. The number of carbonyl (C=O) groups excluding carboxylic acids is 1. The van der Waals surface area contributed by atoms with Crippen LogP contribution in [0.1, 0.15) is 30.6 Å². The van der Waals surface area contributed by atoms with E-state index in [2.05, 4.69) is 24.2 Å². The fraction of sp³-hybridized carbons (Fsp3) is 0.500. The molecule has 5 nitrogen and oxygen atoms in total. The molecule has 126 valence electrons. The van der Waals surface area contributed by atoms with Gasteiger partial charge in [0.25, 0.3) is 5.91 Å². The Morgan fingerprint density at radius 1 is 1.48 bits per heavy atom. The summed E-state index contributed by atoms with van der Waals surface area (Å²) in [6.07, 6.45) is 0.915. The van der Waals surface area contributed by atoms with E-state index in [9.17, 15) is 4.79 Å². The number of carbonyl (C=O) groups is 1. The second-order valence-electron chi connectivity index (χ2n) is 5.51. The van der Waals surface area contributed by atoms with Crippen molar-refractivity contribution in [3.63, 3.8) is 0 Å². The van der Waals surface area contributed by atoms with E-state index in [0.29, 0.717) is 39.8 Å². The van der Waals surface area contributed by atoms with Gasteiger partial charge in [-0.05, 0) is 24.5 Å². The van der Waals surface area contributed by atoms with Gasteiger partial charge in [-0.15, -0.1) is 0 Å². The second kappa shape index (κ2) is 8.45. The number of ether oxygens (including phenoxy) is 2. The molecule has 1 aromatic carbocycles. The van der Waals surface area contributed by atoms with Crippen LogP contribution in [-0.2, 0) is 0 Å². The van der Waals surface area contributed by atoms with Crippen LogP contribution in [0.2, 0.25) is 5.02 Å². The zero-order valence-corrected chi connectivity index (χ0v) is 15.1. The monoisotopic (exact) mass is 356 g/mol. The third-order valence-corrected chi connectivity index (χ3v) is 4.41. The first kappa shape index (κ1) is 17.9. The van der Waals surface area contributed by atoms with Gasteiger partial charge in [0.1, 0.15) is 0 Å². The normalized spacial score (nSPS) is 13.9. The van der Waals surface area contributed by atoms with E-state index < -0.39 is 0 Å². The molecule has 1 aliphatic rings. The molecule has 0 aromatic heterocycles. The Bertz CT molecular complexity index is 605. The lowest BCUT2D eigenvalue weighted by molar-refractivity contribution is 0.0977. The smallest absolute Gasteiger partial charge is 0.257 e. The molecule has 0 saturated carbocycles. The number of thioether (sulfide) groups is 1. The largest absolute Gasteiger partial charge is 0.493 e. The van der Waals surface area contributed by atoms with Crippen molar-refractivity contribution >= 4 is 34.4 Å². The molecule has 2 rings (SSSR count). The molecule has 1 N–H and O–H groups in total. The predicted molar refractivity (Wildman–Crippen MR) is 95.2 cm³/mol. The SMILES string of the molecule is COc1cc(C(=O)NC2=NCCS2)cc(Cl)c1OCCC(C)C. The molecule has 0 spiro atoms. The molecule has 0 radical (unpaired) electrons. The van der Waals surface area contributed by atoms with E-state index >= 15 is 0 Å². The van der Waals surface area contributed by atoms with Crippen molar-refractivity contribution in [3.05, 3.63) is 22.7 Å². The van der Waals surface area contributed by atoms with Crippen molar-refractivity contribution in [3.8, 4) is 11.5 Å². The Hall–Kier alpha value is -1.40. The summed E-state index contributed by atoms with van der Waals surface area (Å²) in [4.78, 5) is 16.5. The van der Waals surface area contributed by atoms with E-state index in [-0.39, 0.29) is 5.91 Å². The molecule has 7 heteroatoms. The first-order chi connectivity index (χ1) is 11.0. The van der Waals surface area contributed by atoms with E-state index in [1.807, 2.05) is 0 Å². The number of hydrogen-bond donors (Lipinski definition) is 1. The highest BCUT2D eigenvalue weighted by Crippen LogP contribution is 2.36. The summed E-state index contributed by atoms with van der Waals surface area (Å²) in [6, 6.07) is 3.22. The molecule has 1 aromatic rings. The number of halogens is 1. The Balaban J connectivity index is 2.12. The molecule has 1 aliphatic heterocycles. The van der Waals surface area contributed by atoms with Crippen molar-refractivity contribution in [1.29, 1.82) is 0 Å². The molecule has 0 fully saturated rings. The van der Waals surface area contributed by atoms with E-state index in [4.69, 9.17) is 21.1 Å². The van der Waals surface area contributed by atoms with Crippen molar-refractivity contribution in [2.45, 2.75) is 20.3 Å². The molecule has 1 heterocycles. The maximum absolute atomic E-state index is 12.3. The predicted octanol–water partition coefficient (Wildman–Crippen LogP) is 3.61. The molecule has 0 aliphatic carbocycles. The van der Waals surface area contributed by atoms with E-state index in [1.54, 1.807) is 12.1 Å². The lowest BCUT2D eigenvalue weighted by Gasteiger charge is -2.15. The number of amidine groups is 1. The van der Waals surface area contributed by atoms with Gasteiger partial charge < -0.3 is 14.8 Å².